The number of nitrogens with two attached hydrogens (primary N) is 1. The van der Waals surface area contributed by atoms with Crippen molar-refractivity contribution in [3.05, 3.63) is 0 Å². The molecule has 1 fully saturated rings. The lowest BCUT2D eigenvalue weighted by atomic mass is 9.93. The molecule has 2 amide bonds. The molecule has 1 unspecified atom stereocenters. The molecule has 1 atom stereocenters. The van der Waals surface area contributed by atoms with E-state index in [4.69, 9.17) is 5.73 Å². The Kier molecular flexibility index (Phi) is 7.00. The highest BCUT2D eigenvalue weighted by Crippen LogP contribution is 2.24. The molecule has 5 nitrogen and oxygen atoms in total. The maximum Gasteiger partial charge on any atom is 0.246 e. The molecule has 21 heavy (non-hydrogen) atoms. The van der Waals surface area contributed by atoms with E-state index in [2.05, 4.69) is 6.92 Å². The van der Waals surface area contributed by atoms with Crippen molar-refractivity contribution in [2.45, 2.75) is 46.1 Å². The summed E-state index contributed by atoms with van der Waals surface area (Å²) in [7, 11) is 1.80. The van der Waals surface area contributed by atoms with Crippen LogP contribution < -0.4 is 5.73 Å². The lowest BCUT2D eigenvalue weighted by Gasteiger charge is -2.32. The molecule has 1 saturated heterocycles. The Morgan fingerprint density at radius 1 is 1.43 bits per heavy atom. The number of rotatable bonds is 7. The molecular formula is C15H29N3O2S. The van der Waals surface area contributed by atoms with Crippen molar-refractivity contribution in [1.82, 2.24) is 9.80 Å². The van der Waals surface area contributed by atoms with Crippen molar-refractivity contribution in [1.29, 1.82) is 0 Å². The van der Waals surface area contributed by atoms with E-state index in [-0.39, 0.29) is 23.3 Å². The molecule has 0 bridgehead atoms. The number of hydrogen-bond donors (Lipinski definition) is 1. The summed E-state index contributed by atoms with van der Waals surface area (Å²) in [6.07, 6.45) is 2.42. The van der Waals surface area contributed by atoms with Gasteiger partial charge in [0.1, 0.15) is 6.04 Å². The number of carbonyl (C=O) groups is 2. The maximum absolute atomic E-state index is 12.6. The summed E-state index contributed by atoms with van der Waals surface area (Å²) in [6, 6.07) is -0.307. The van der Waals surface area contributed by atoms with Crippen LogP contribution in [0.1, 0.15) is 40.0 Å². The zero-order valence-corrected chi connectivity index (χ0v) is 14.5. The molecule has 1 aliphatic rings. The number of likely N-dealkylation sites (N-methyl/N-ethyl adjacent to an activating group) is 1. The van der Waals surface area contributed by atoms with Gasteiger partial charge >= 0.3 is 0 Å². The number of unbranched alkanes of at least 4 members (excludes halogenated alkanes) is 1. The molecule has 0 spiro atoms. The van der Waals surface area contributed by atoms with Gasteiger partial charge in [-0.2, -0.15) is 0 Å². The second-order valence-corrected chi connectivity index (χ2v) is 7.55. The first-order chi connectivity index (χ1) is 9.82. The number of carbonyl (C=O) groups excluding carboxylic acids is 2. The van der Waals surface area contributed by atoms with Gasteiger partial charge in [0, 0.05) is 25.8 Å². The van der Waals surface area contributed by atoms with Crippen LogP contribution in [0.5, 0.6) is 0 Å². The molecule has 2 N–H and O–H groups in total. The lowest BCUT2D eigenvalue weighted by Crippen LogP contribution is -2.50. The van der Waals surface area contributed by atoms with E-state index in [1.54, 1.807) is 28.6 Å². The van der Waals surface area contributed by atoms with Crippen LogP contribution in [-0.4, -0.2) is 59.4 Å². The van der Waals surface area contributed by atoms with Gasteiger partial charge in [0.25, 0.3) is 0 Å². The quantitative estimate of drug-likeness (QED) is 0.773. The molecule has 0 aromatic carbocycles. The highest BCUT2D eigenvalue weighted by atomic mass is 32.2. The van der Waals surface area contributed by atoms with E-state index < -0.39 is 0 Å². The molecule has 122 valence electrons. The molecule has 1 aliphatic heterocycles. The van der Waals surface area contributed by atoms with Crippen LogP contribution in [0.4, 0.5) is 0 Å². The largest absolute Gasteiger partial charge is 0.343 e. The van der Waals surface area contributed by atoms with Crippen molar-refractivity contribution < 1.29 is 9.59 Å². The lowest BCUT2D eigenvalue weighted by molar-refractivity contribution is -0.143. The molecule has 0 aliphatic carbocycles. The summed E-state index contributed by atoms with van der Waals surface area (Å²) < 4.78 is 0. The normalized spacial score (nSPS) is 18.9. The monoisotopic (exact) mass is 315 g/mol. The smallest absolute Gasteiger partial charge is 0.246 e. The molecule has 0 aromatic heterocycles. The molecule has 0 radical (unpaired) electrons. The summed E-state index contributed by atoms with van der Waals surface area (Å²) in [5.74, 6) is 1.47. The summed E-state index contributed by atoms with van der Waals surface area (Å²) in [5, 5.41) is 0. The number of nitrogens with zero attached hydrogens (tertiary/aromatic N) is 2. The van der Waals surface area contributed by atoms with Crippen LogP contribution in [0.25, 0.3) is 0 Å². The van der Waals surface area contributed by atoms with E-state index >= 15 is 0 Å². The van der Waals surface area contributed by atoms with Gasteiger partial charge in [-0.15, -0.1) is 11.8 Å². The third-order valence-electron chi connectivity index (χ3n) is 3.83. The van der Waals surface area contributed by atoms with E-state index in [1.807, 2.05) is 13.8 Å². The fourth-order valence-electron chi connectivity index (χ4n) is 2.40. The minimum Gasteiger partial charge on any atom is -0.343 e. The zero-order valence-electron chi connectivity index (χ0n) is 13.7. The molecule has 1 heterocycles. The summed E-state index contributed by atoms with van der Waals surface area (Å²) >= 11 is 1.65. The van der Waals surface area contributed by atoms with E-state index in [1.165, 1.54) is 0 Å². The number of hydrogen-bond acceptors (Lipinski definition) is 4. The Hall–Kier alpha value is -0.750. The van der Waals surface area contributed by atoms with Gasteiger partial charge in [0.05, 0.1) is 5.88 Å². The predicted molar refractivity (Wildman–Crippen MR) is 88.0 cm³/mol. The standard InChI is InChI=1S/C15H29N3O2S/c1-5-6-7-13(19)18-11-21-8-12(18)14(20)17(4)10-15(2,3)9-16/h12H,5-11,16H2,1-4H3. The summed E-state index contributed by atoms with van der Waals surface area (Å²) in [6.45, 7) is 7.30. The van der Waals surface area contributed by atoms with Crippen LogP contribution in [0.2, 0.25) is 0 Å². The zero-order chi connectivity index (χ0) is 16.0. The van der Waals surface area contributed by atoms with Crippen LogP contribution >= 0.6 is 11.8 Å². The maximum atomic E-state index is 12.6. The van der Waals surface area contributed by atoms with Crippen molar-refractivity contribution in [3.8, 4) is 0 Å². The Bertz CT molecular complexity index is 374. The van der Waals surface area contributed by atoms with Gasteiger partial charge in [-0.1, -0.05) is 27.2 Å². The molecule has 6 heteroatoms. The van der Waals surface area contributed by atoms with Crippen LogP contribution in [0.3, 0.4) is 0 Å². The number of thioether (sulfide) groups is 1. The van der Waals surface area contributed by atoms with Crippen molar-refractivity contribution in [3.63, 3.8) is 0 Å². The van der Waals surface area contributed by atoms with Crippen LogP contribution in [0.15, 0.2) is 0 Å². The Balaban J connectivity index is 2.65. The van der Waals surface area contributed by atoms with Gasteiger partial charge < -0.3 is 15.5 Å². The highest BCUT2D eigenvalue weighted by molar-refractivity contribution is 7.99. The van der Waals surface area contributed by atoms with Gasteiger partial charge in [-0.05, 0) is 18.4 Å². The van der Waals surface area contributed by atoms with Gasteiger partial charge in [0.2, 0.25) is 11.8 Å². The molecule has 0 aromatic rings. The fraction of sp³-hybridized carbons (Fsp3) is 0.867. The van der Waals surface area contributed by atoms with E-state index in [0.29, 0.717) is 31.1 Å². The number of amides is 2. The average Bonchev–Trinajstić information content (AvgIpc) is 2.92. The highest BCUT2D eigenvalue weighted by Gasteiger charge is 2.36. The Morgan fingerprint density at radius 3 is 2.67 bits per heavy atom. The average molecular weight is 315 g/mol. The Morgan fingerprint density at radius 2 is 2.10 bits per heavy atom. The van der Waals surface area contributed by atoms with Crippen molar-refractivity contribution in [2.24, 2.45) is 11.1 Å². The predicted octanol–water partition coefficient (Wildman–Crippen LogP) is 1.52. The molecular weight excluding hydrogens is 286 g/mol. The van der Waals surface area contributed by atoms with E-state index in [0.717, 1.165) is 12.8 Å². The fourth-order valence-corrected chi connectivity index (χ4v) is 3.58. The first-order valence-corrected chi connectivity index (χ1v) is 8.80. The summed E-state index contributed by atoms with van der Waals surface area (Å²) in [5.41, 5.74) is 5.63. The van der Waals surface area contributed by atoms with Crippen LogP contribution in [-0.2, 0) is 9.59 Å². The first kappa shape index (κ1) is 18.3. The minimum absolute atomic E-state index is 0.0337. The van der Waals surface area contributed by atoms with Crippen molar-refractivity contribution in [2.75, 3.05) is 31.8 Å². The molecule has 0 saturated carbocycles. The van der Waals surface area contributed by atoms with E-state index in [9.17, 15) is 9.59 Å². The second kappa shape index (κ2) is 8.03. The topological polar surface area (TPSA) is 66.6 Å². The van der Waals surface area contributed by atoms with Gasteiger partial charge in [0.15, 0.2) is 0 Å². The first-order valence-electron chi connectivity index (χ1n) is 7.64. The minimum atomic E-state index is -0.307. The SMILES string of the molecule is CCCCC(=O)N1CSCC1C(=O)N(C)CC(C)(C)CN. The van der Waals surface area contributed by atoms with Crippen molar-refractivity contribution >= 4 is 23.6 Å². The second-order valence-electron chi connectivity index (χ2n) is 6.55. The summed E-state index contributed by atoms with van der Waals surface area (Å²) in [4.78, 5) is 28.3. The third kappa shape index (κ3) is 5.18. The third-order valence-corrected chi connectivity index (χ3v) is 4.84. The molecule has 1 rings (SSSR count). The van der Waals surface area contributed by atoms with Gasteiger partial charge in [-0.25, -0.2) is 0 Å². The van der Waals surface area contributed by atoms with Crippen LogP contribution in [0, 0.1) is 5.41 Å². The van der Waals surface area contributed by atoms with Gasteiger partial charge in [-0.3, -0.25) is 9.59 Å². The Labute approximate surface area is 132 Å².